The Balaban J connectivity index is 1.91. The van der Waals surface area contributed by atoms with Crippen molar-refractivity contribution in [1.29, 1.82) is 0 Å². The van der Waals surface area contributed by atoms with E-state index in [0.29, 0.717) is 17.6 Å². The number of hydrogen-bond acceptors (Lipinski definition) is 2. The molecule has 0 heterocycles. The smallest absolute Gasteiger partial charge is 0.238 e. The molecule has 0 spiro atoms. The van der Waals surface area contributed by atoms with E-state index in [1.807, 2.05) is 26.1 Å². The third-order valence-corrected chi connectivity index (χ3v) is 4.39. The quantitative estimate of drug-likeness (QED) is 0.915. The lowest BCUT2D eigenvalue weighted by atomic mass is 9.94. The second-order valence-electron chi connectivity index (χ2n) is 5.69. The minimum atomic E-state index is 0.00859. The maximum atomic E-state index is 12.2. The molecule has 1 amide bonds. The van der Waals surface area contributed by atoms with Gasteiger partial charge in [-0.15, -0.1) is 0 Å². The minimum Gasteiger partial charge on any atom is -0.323 e. The standard InChI is InChI=1S/C16H23ClN2O/c1-12-7-6-10-14(17)16(12)18-15(20)11-19(2)13-8-4-3-5-9-13/h6-7,10,13H,3-5,8-9,11H2,1-2H3,(H,18,20). The van der Waals surface area contributed by atoms with Gasteiger partial charge >= 0.3 is 0 Å². The van der Waals surface area contributed by atoms with Gasteiger partial charge in [-0.3, -0.25) is 9.69 Å². The number of likely N-dealkylation sites (N-methyl/N-ethyl adjacent to an activating group) is 1. The molecule has 0 saturated heterocycles. The van der Waals surface area contributed by atoms with Crippen LogP contribution in [0.4, 0.5) is 5.69 Å². The summed E-state index contributed by atoms with van der Waals surface area (Å²) in [6.45, 7) is 2.38. The van der Waals surface area contributed by atoms with Gasteiger partial charge in [0, 0.05) is 6.04 Å². The second-order valence-corrected chi connectivity index (χ2v) is 6.09. The molecular weight excluding hydrogens is 272 g/mol. The zero-order valence-electron chi connectivity index (χ0n) is 12.3. The lowest BCUT2D eigenvalue weighted by Crippen LogP contribution is -2.39. The summed E-state index contributed by atoms with van der Waals surface area (Å²) in [5.74, 6) is 0.00859. The summed E-state index contributed by atoms with van der Waals surface area (Å²) in [7, 11) is 2.04. The summed E-state index contributed by atoms with van der Waals surface area (Å²) in [5.41, 5.74) is 1.72. The third kappa shape index (κ3) is 3.97. The molecule has 1 fully saturated rings. The van der Waals surface area contributed by atoms with Crippen molar-refractivity contribution < 1.29 is 4.79 Å². The van der Waals surface area contributed by atoms with Gasteiger partial charge < -0.3 is 5.32 Å². The van der Waals surface area contributed by atoms with Crippen molar-refractivity contribution in [2.24, 2.45) is 0 Å². The van der Waals surface area contributed by atoms with E-state index in [4.69, 9.17) is 11.6 Å². The highest BCUT2D eigenvalue weighted by Gasteiger charge is 2.20. The van der Waals surface area contributed by atoms with Gasteiger partial charge in [0.2, 0.25) is 5.91 Å². The lowest BCUT2D eigenvalue weighted by Gasteiger charge is -2.30. The Morgan fingerprint density at radius 1 is 1.35 bits per heavy atom. The minimum absolute atomic E-state index is 0.00859. The summed E-state index contributed by atoms with van der Waals surface area (Å²) in [6.07, 6.45) is 6.29. The van der Waals surface area contributed by atoms with E-state index < -0.39 is 0 Å². The maximum absolute atomic E-state index is 12.2. The molecule has 3 nitrogen and oxygen atoms in total. The van der Waals surface area contributed by atoms with Gasteiger partial charge in [0.1, 0.15) is 0 Å². The molecule has 0 bridgehead atoms. The van der Waals surface area contributed by atoms with Crippen LogP contribution in [0.25, 0.3) is 0 Å². The van der Waals surface area contributed by atoms with E-state index in [1.165, 1.54) is 32.1 Å². The van der Waals surface area contributed by atoms with Gasteiger partial charge in [-0.05, 0) is 38.4 Å². The van der Waals surface area contributed by atoms with E-state index in [0.717, 1.165) is 11.3 Å². The number of nitrogens with one attached hydrogen (secondary N) is 1. The Morgan fingerprint density at radius 3 is 2.70 bits per heavy atom. The fourth-order valence-electron chi connectivity index (χ4n) is 2.85. The third-order valence-electron chi connectivity index (χ3n) is 4.08. The van der Waals surface area contributed by atoms with Gasteiger partial charge in [-0.25, -0.2) is 0 Å². The molecule has 1 aromatic rings. The number of halogens is 1. The highest BCUT2D eigenvalue weighted by Crippen LogP contribution is 2.25. The van der Waals surface area contributed by atoms with Crippen LogP contribution in [0.1, 0.15) is 37.7 Å². The molecule has 1 N–H and O–H groups in total. The average Bonchev–Trinajstić information content (AvgIpc) is 2.44. The van der Waals surface area contributed by atoms with Crippen LogP contribution >= 0.6 is 11.6 Å². The molecule has 0 aromatic heterocycles. The average molecular weight is 295 g/mol. The zero-order chi connectivity index (χ0) is 14.5. The van der Waals surface area contributed by atoms with E-state index in [9.17, 15) is 4.79 Å². The molecule has 2 rings (SSSR count). The molecule has 1 aliphatic rings. The number of anilines is 1. The molecule has 20 heavy (non-hydrogen) atoms. The van der Waals surface area contributed by atoms with Crippen molar-refractivity contribution in [3.63, 3.8) is 0 Å². The Kier molecular flexibility index (Phi) is 5.44. The molecule has 0 radical (unpaired) electrons. The van der Waals surface area contributed by atoms with E-state index in [2.05, 4.69) is 10.2 Å². The molecule has 0 atom stereocenters. The predicted octanol–water partition coefficient (Wildman–Crippen LogP) is 3.85. The van der Waals surface area contributed by atoms with Crippen LogP contribution in [0.3, 0.4) is 0 Å². The Hall–Kier alpha value is -1.06. The highest BCUT2D eigenvalue weighted by atomic mass is 35.5. The molecule has 0 aliphatic heterocycles. The van der Waals surface area contributed by atoms with Gasteiger partial charge in [-0.2, -0.15) is 0 Å². The van der Waals surface area contributed by atoms with E-state index in [-0.39, 0.29) is 5.91 Å². The number of carbonyl (C=O) groups excluding carboxylic acids is 1. The number of aryl methyl sites for hydroxylation is 1. The number of para-hydroxylation sites is 1. The van der Waals surface area contributed by atoms with Gasteiger partial charge in [-0.1, -0.05) is 43.0 Å². The topological polar surface area (TPSA) is 32.3 Å². The van der Waals surface area contributed by atoms with Crippen molar-refractivity contribution in [1.82, 2.24) is 4.90 Å². The maximum Gasteiger partial charge on any atom is 0.238 e. The van der Waals surface area contributed by atoms with Crippen LogP contribution in [-0.4, -0.2) is 30.4 Å². The predicted molar refractivity (Wildman–Crippen MR) is 84.3 cm³/mol. The molecular formula is C16H23ClN2O. The highest BCUT2D eigenvalue weighted by molar-refractivity contribution is 6.33. The molecule has 0 unspecified atom stereocenters. The summed E-state index contributed by atoms with van der Waals surface area (Å²) in [6, 6.07) is 6.19. The number of hydrogen-bond donors (Lipinski definition) is 1. The van der Waals surface area contributed by atoms with E-state index in [1.54, 1.807) is 6.07 Å². The van der Waals surface area contributed by atoms with Crippen LogP contribution in [-0.2, 0) is 4.79 Å². The first kappa shape index (κ1) is 15.3. The number of benzene rings is 1. The van der Waals surface area contributed by atoms with Crippen molar-refractivity contribution in [2.45, 2.75) is 45.1 Å². The molecule has 1 aromatic carbocycles. The Bertz CT molecular complexity index is 449. The van der Waals surface area contributed by atoms with Crippen LogP contribution < -0.4 is 5.32 Å². The Morgan fingerprint density at radius 2 is 2.05 bits per heavy atom. The SMILES string of the molecule is Cc1cccc(Cl)c1NC(=O)CN(C)C1CCCCC1. The molecule has 4 heteroatoms. The molecule has 110 valence electrons. The normalized spacial score (nSPS) is 16.4. The summed E-state index contributed by atoms with van der Waals surface area (Å²) in [4.78, 5) is 14.3. The number of carbonyl (C=O) groups is 1. The largest absolute Gasteiger partial charge is 0.323 e. The molecule has 1 aliphatic carbocycles. The van der Waals surface area contributed by atoms with E-state index >= 15 is 0 Å². The van der Waals surface area contributed by atoms with Crippen LogP contribution in [0.15, 0.2) is 18.2 Å². The zero-order valence-corrected chi connectivity index (χ0v) is 13.0. The summed E-state index contributed by atoms with van der Waals surface area (Å²) in [5, 5.41) is 3.53. The fourth-order valence-corrected chi connectivity index (χ4v) is 3.12. The van der Waals surface area contributed by atoms with Crippen molar-refractivity contribution >= 4 is 23.2 Å². The number of amides is 1. The number of rotatable bonds is 4. The number of nitrogens with zero attached hydrogens (tertiary/aromatic N) is 1. The monoisotopic (exact) mass is 294 g/mol. The van der Waals surface area contributed by atoms with Crippen LogP contribution in [0.5, 0.6) is 0 Å². The van der Waals surface area contributed by atoms with Crippen molar-refractivity contribution in [2.75, 3.05) is 18.9 Å². The van der Waals surface area contributed by atoms with Crippen molar-refractivity contribution in [3.05, 3.63) is 28.8 Å². The second kappa shape index (κ2) is 7.09. The first-order valence-corrected chi connectivity index (χ1v) is 7.71. The first-order chi connectivity index (χ1) is 9.58. The van der Waals surface area contributed by atoms with Gasteiger partial charge in [0.15, 0.2) is 0 Å². The molecule has 1 saturated carbocycles. The van der Waals surface area contributed by atoms with Gasteiger partial charge in [0.25, 0.3) is 0 Å². The first-order valence-electron chi connectivity index (χ1n) is 7.33. The Labute approximate surface area is 126 Å². The fraction of sp³-hybridized carbons (Fsp3) is 0.562. The summed E-state index contributed by atoms with van der Waals surface area (Å²) < 4.78 is 0. The summed E-state index contributed by atoms with van der Waals surface area (Å²) >= 11 is 6.13. The van der Waals surface area contributed by atoms with Crippen LogP contribution in [0.2, 0.25) is 5.02 Å². The van der Waals surface area contributed by atoms with Crippen molar-refractivity contribution in [3.8, 4) is 0 Å². The van der Waals surface area contributed by atoms with Gasteiger partial charge in [0.05, 0.1) is 17.3 Å². The lowest BCUT2D eigenvalue weighted by molar-refractivity contribution is -0.117. The van der Waals surface area contributed by atoms with Crippen LogP contribution in [0, 0.1) is 6.92 Å².